The SMILES string of the molecule is O=C(O)Cc1cn(Cc2ccccc2Br)c2ccccc2c1=O. The molecule has 0 saturated carbocycles. The second-order valence-electron chi connectivity index (χ2n) is 5.29. The quantitative estimate of drug-likeness (QED) is 0.763. The zero-order valence-corrected chi connectivity index (χ0v) is 13.8. The molecule has 116 valence electrons. The average molecular weight is 372 g/mol. The summed E-state index contributed by atoms with van der Waals surface area (Å²) >= 11 is 3.52. The van der Waals surface area contributed by atoms with Gasteiger partial charge in [-0.15, -0.1) is 0 Å². The van der Waals surface area contributed by atoms with Crippen molar-refractivity contribution in [2.45, 2.75) is 13.0 Å². The molecule has 0 amide bonds. The summed E-state index contributed by atoms with van der Waals surface area (Å²) in [5, 5.41) is 9.57. The van der Waals surface area contributed by atoms with Gasteiger partial charge >= 0.3 is 5.97 Å². The number of hydrogen-bond donors (Lipinski definition) is 1. The molecule has 23 heavy (non-hydrogen) atoms. The van der Waals surface area contributed by atoms with Crippen LogP contribution in [0, 0.1) is 0 Å². The zero-order valence-electron chi connectivity index (χ0n) is 12.2. The molecule has 4 nitrogen and oxygen atoms in total. The highest BCUT2D eigenvalue weighted by Gasteiger charge is 2.12. The topological polar surface area (TPSA) is 59.3 Å². The van der Waals surface area contributed by atoms with Gasteiger partial charge in [-0.1, -0.05) is 46.3 Å². The van der Waals surface area contributed by atoms with Crippen LogP contribution >= 0.6 is 15.9 Å². The molecule has 0 spiro atoms. The molecule has 0 aliphatic rings. The Kier molecular flexibility index (Phi) is 4.30. The molecule has 0 radical (unpaired) electrons. The fourth-order valence-corrected chi connectivity index (χ4v) is 3.05. The molecule has 3 rings (SSSR count). The predicted molar refractivity (Wildman–Crippen MR) is 92.8 cm³/mol. The van der Waals surface area contributed by atoms with Crippen LogP contribution in [-0.4, -0.2) is 15.6 Å². The second-order valence-corrected chi connectivity index (χ2v) is 6.14. The molecule has 1 N–H and O–H groups in total. The van der Waals surface area contributed by atoms with Gasteiger partial charge in [0.1, 0.15) is 0 Å². The number of carboxylic acids is 1. The summed E-state index contributed by atoms with van der Waals surface area (Å²) in [6, 6.07) is 15.1. The molecule has 0 aliphatic carbocycles. The summed E-state index contributed by atoms with van der Waals surface area (Å²) in [5.41, 5.74) is 1.93. The van der Waals surface area contributed by atoms with Crippen LogP contribution in [-0.2, 0) is 17.8 Å². The Hall–Kier alpha value is -2.40. The highest BCUT2D eigenvalue weighted by molar-refractivity contribution is 9.10. The molecule has 0 atom stereocenters. The number of carboxylic acid groups (broad SMARTS) is 1. The average Bonchev–Trinajstić information content (AvgIpc) is 2.53. The van der Waals surface area contributed by atoms with Crippen molar-refractivity contribution < 1.29 is 9.90 Å². The summed E-state index contributed by atoms with van der Waals surface area (Å²) in [4.78, 5) is 23.5. The maximum Gasteiger partial charge on any atom is 0.308 e. The van der Waals surface area contributed by atoms with Gasteiger partial charge in [-0.05, 0) is 23.8 Å². The lowest BCUT2D eigenvalue weighted by atomic mass is 10.1. The summed E-state index contributed by atoms with van der Waals surface area (Å²) in [6.45, 7) is 0.550. The summed E-state index contributed by atoms with van der Waals surface area (Å²) < 4.78 is 2.90. The van der Waals surface area contributed by atoms with Crippen molar-refractivity contribution in [2.75, 3.05) is 0 Å². The Morgan fingerprint density at radius 2 is 1.74 bits per heavy atom. The minimum absolute atomic E-state index is 0.216. The van der Waals surface area contributed by atoms with Crippen molar-refractivity contribution in [3.05, 3.63) is 80.6 Å². The van der Waals surface area contributed by atoms with Crippen molar-refractivity contribution in [3.63, 3.8) is 0 Å². The molecule has 0 unspecified atom stereocenters. The fourth-order valence-electron chi connectivity index (χ4n) is 2.64. The van der Waals surface area contributed by atoms with E-state index in [-0.39, 0.29) is 11.8 Å². The molecule has 1 heterocycles. The van der Waals surface area contributed by atoms with E-state index in [9.17, 15) is 9.59 Å². The lowest BCUT2D eigenvalue weighted by molar-refractivity contribution is -0.136. The number of rotatable bonds is 4. The van der Waals surface area contributed by atoms with Gasteiger partial charge in [0.25, 0.3) is 0 Å². The van der Waals surface area contributed by atoms with E-state index in [0.717, 1.165) is 15.6 Å². The van der Waals surface area contributed by atoms with Crippen molar-refractivity contribution >= 4 is 32.8 Å². The first-order valence-electron chi connectivity index (χ1n) is 7.12. The van der Waals surface area contributed by atoms with Crippen LogP contribution in [0.5, 0.6) is 0 Å². The number of aromatic nitrogens is 1. The molecule has 2 aromatic carbocycles. The van der Waals surface area contributed by atoms with Gasteiger partial charge in [-0.2, -0.15) is 0 Å². The van der Waals surface area contributed by atoms with Crippen LogP contribution in [0.4, 0.5) is 0 Å². The smallest absolute Gasteiger partial charge is 0.308 e. The lowest BCUT2D eigenvalue weighted by Crippen LogP contribution is -2.18. The monoisotopic (exact) mass is 371 g/mol. The van der Waals surface area contributed by atoms with Crippen molar-refractivity contribution in [2.24, 2.45) is 0 Å². The van der Waals surface area contributed by atoms with Crippen LogP contribution in [0.15, 0.2) is 64.0 Å². The third kappa shape index (κ3) is 3.19. The highest BCUT2D eigenvalue weighted by atomic mass is 79.9. The number of hydrogen-bond acceptors (Lipinski definition) is 2. The number of aliphatic carboxylic acids is 1. The number of nitrogens with zero attached hydrogens (tertiary/aromatic N) is 1. The van der Waals surface area contributed by atoms with Gasteiger partial charge in [-0.3, -0.25) is 9.59 Å². The van der Waals surface area contributed by atoms with E-state index in [1.807, 2.05) is 41.0 Å². The van der Waals surface area contributed by atoms with E-state index in [0.29, 0.717) is 17.5 Å². The highest BCUT2D eigenvalue weighted by Crippen LogP contribution is 2.20. The van der Waals surface area contributed by atoms with Crippen molar-refractivity contribution in [1.82, 2.24) is 4.57 Å². The van der Waals surface area contributed by atoms with Gasteiger partial charge in [0.05, 0.1) is 11.9 Å². The van der Waals surface area contributed by atoms with Gasteiger partial charge in [0, 0.05) is 28.2 Å². The minimum atomic E-state index is -1.01. The van der Waals surface area contributed by atoms with Gasteiger partial charge < -0.3 is 9.67 Å². The largest absolute Gasteiger partial charge is 0.481 e. The maximum absolute atomic E-state index is 12.4. The summed E-state index contributed by atoms with van der Waals surface area (Å²) in [7, 11) is 0. The molecule has 5 heteroatoms. The maximum atomic E-state index is 12.4. The number of para-hydroxylation sites is 1. The van der Waals surface area contributed by atoms with Crippen LogP contribution in [0.1, 0.15) is 11.1 Å². The van der Waals surface area contributed by atoms with E-state index in [2.05, 4.69) is 15.9 Å². The molecule has 0 aliphatic heterocycles. The van der Waals surface area contributed by atoms with Crippen molar-refractivity contribution in [3.8, 4) is 0 Å². The van der Waals surface area contributed by atoms with Crippen LogP contribution < -0.4 is 5.43 Å². The van der Waals surface area contributed by atoms with E-state index < -0.39 is 5.97 Å². The minimum Gasteiger partial charge on any atom is -0.481 e. The Balaban J connectivity index is 2.19. The molecule has 0 saturated heterocycles. The third-order valence-corrected chi connectivity index (χ3v) is 4.48. The van der Waals surface area contributed by atoms with Crippen molar-refractivity contribution in [1.29, 1.82) is 0 Å². The molecular weight excluding hydrogens is 358 g/mol. The first-order valence-corrected chi connectivity index (χ1v) is 7.92. The van der Waals surface area contributed by atoms with Gasteiger partial charge in [0.2, 0.25) is 0 Å². The molecular formula is C18H14BrNO3. The number of benzene rings is 2. The van der Waals surface area contributed by atoms with E-state index in [4.69, 9.17) is 5.11 Å². The Morgan fingerprint density at radius 1 is 1.04 bits per heavy atom. The fraction of sp³-hybridized carbons (Fsp3) is 0.111. The third-order valence-electron chi connectivity index (χ3n) is 3.70. The molecule has 1 aromatic heterocycles. The normalized spacial score (nSPS) is 10.8. The van der Waals surface area contributed by atoms with Gasteiger partial charge in [0.15, 0.2) is 5.43 Å². The van der Waals surface area contributed by atoms with E-state index >= 15 is 0 Å². The summed E-state index contributed by atoms with van der Waals surface area (Å²) in [6.07, 6.45) is 1.37. The molecule has 3 aromatic rings. The number of pyridine rings is 1. The first-order chi connectivity index (χ1) is 11.1. The molecule has 0 bridgehead atoms. The number of fused-ring (bicyclic) bond motifs is 1. The van der Waals surface area contributed by atoms with Gasteiger partial charge in [-0.25, -0.2) is 0 Å². The van der Waals surface area contributed by atoms with E-state index in [1.54, 1.807) is 18.3 Å². The van der Waals surface area contributed by atoms with Crippen LogP contribution in [0.3, 0.4) is 0 Å². The number of halogens is 1. The first kappa shape index (κ1) is 15.5. The predicted octanol–water partition coefficient (Wildman–Crippen LogP) is 3.44. The Morgan fingerprint density at radius 3 is 2.48 bits per heavy atom. The zero-order chi connectivity index (χ0) is 16.4. The Labute approximate surface area is 141 Å². The van der Waals surface area contributed by atoms with E-state index in [1.165, 1.54) is 0 Å². The van der Waals surface area contributed by atoms with Crippen LogP contribution in [0.2, 0.25) is 0 Å². The standard InChI is InChI=1S/C18H14BrNO3/c19-15-7-3-1-5-12(15)10-20-11-13(9-17(21)22)18(23)14-6-2-4-8-16(14)20/h1-8,11H,9-10H2,(H,21,22). The Bertz CT molecular complexity index is 946. The second kappa shape index (κ2) is 6.38. The number of carbonyl (C=O) groups is 1. The molecule has 0 fully saturated rings. The summed E-state index contributed by atoms with van der Waals surface area (Å²) in [5.74, 6) is -1.01. The van der Waals surface area contributed by atoms with Crippen LogP contribution in [0.25, 0.3) is 10.9 Å². The lowest BCUT2D eigenvalue weighted by Gasteiger charge is -2.14.